The Morgan fingerprint density at radius 1 is 0.500 bits per heavy atom. The Kier molecular flexibility index (Phi) is 22.6. The van der Waals surface area contributed by atoms with Gasteiger partial charge in [0.15, 0.2) is 0 Å². The third-order valence-corrected chi connectivity index (χ3v) is 4.48. The summed E-state index contributed by atoms with van der Waals surface area (Å²) in [6.45, 7) is 0. The van der Waals surface area contributed by atoms with Crippen LogP contribution >= 0.6 is 24.4 Å². The molecule has 0 aliphatic heterocycles. The maximum absolute atomic E-state index is 7.13. The van der Waals surface area contributed by atoms with Crippen molar-refractivity contribution < 1.29 is 45.1 Å². The van der Waals surface area contributed by atoms with Gasteiger partial charge in [0.1, 0.15) is 0 Å². The molecule has 6 aromatic rings. The van der Waals surface area contributed by atoms with Crippen molar-refractivity contribution in [3.63, 3.8) is 0 Å². The molecule has 0 saturated heterocycles. The maximum atomic E-state index is 7.13. The van der Waals surface area contributed by atoms with Gasteiger partial charge in [-0.05, 0) is 60.2 Å². The second-order valence-electron chi connectivity index (χ2n) is 6.96. The van der Waals surface area contributed by atoms with Crippen LogP contribution in [0.2, 0.25) is 0 Å². The van der Waals surface area contributed by atoms with Crippen LogP contribution in [0.1, 0.15) is 0 Å². The number of thiocarbonyl (C=S) groups is 2. The van der Waals surface area contributed by atoms with E-state index in [0.717, 1.165) is 0 Å². The molecule has 6 aromatic heterocycles. The molecule has 14 nitrogen and oxygen atoms in total. The molecule has 6 N–H and O–H groups in total. The number of nitrogens with zero attached hydrogens (tertiary/aromatic N) is 12. The van der Waals surface area contributed by atoms with Gasteiger partial charge in [0, 0.05) is 24.8 Å². The van der Waals surface area contributed by atoms with Crippen molar-refractivity contribution in [1.82, 2.24) is 50.3 Å². The molecule has 0 amide bonds. The van der Waals surface area contributed by atoms with Crippen molar-refractivity contribution in [3.8, 4) is 46.1 Å². The molecule has 6 rings (SSSR count). The van der Waals surface area contributed by atoms with E-state index in [1.54, 1.807) is 24.8 Å². The van der Waals surface area contributed by atoms with Crippen LogP contribution in [-0.4, -0.2) is 50.4 Å². The first kappa shape index (κ1) is 41.6. The van der Waals surface area contributed by atoms with Crippen LogP contribution < -0.4 is 10.2 Å². The molecule has 222 valence electrons. The predicted molar refractivity (Wildman–Crippen MR) is 165 cm³/mol. The molecule has 0 spiro atoms. The zero-order valence-corrected chi connectivity index (χ0v) is 26.3. The van der Waals surface area contributed by atoms with Crippen LogP contribution in [0.25, 0.3) is 56.9 Å². The van der Waals surface area contributed by atoms with Gasteiger partial charge in [0.2, 0.25) is 0 Å². The first-order valence-corrected chi connectivity index (χ1v) is 11.9. The molecule has 0 fully saturated rings. The van der Waals surface area contributed by atoms with Crippen molar-refractivity contribution in [3.05, 3.63) is 108 Å². The summed E-state index contributed by atoms with van der Waals surface area (Å²) >= 11 is 7.40. The van der Waals surface area contributed by atoms with Crippen molar-refractivity contribution in [2.24, 2.45) is 0 Å². The fourth-order valence-electron chi connectivity index (χ4n) is 2.89. The van der Waals surface area contributed by atoms with Crippen molar-refractivity contribution >= 4 is 34.8 Å². The average molecular weight is 709 g/mol. The van der Waals surface area contributed by atoms with Gasteiger partial charge in [-0.25, -0.2) is 0 Å². The van der Waals surface area contributed by atoms with E-state index in [4.69, 9.17) is 10.8 Å². The van der Waals surface area contributed by atoms with Crippen LogP contribution in [0.4, 0.5) is 0 Å². The van der Waals surface area contributed by atoms with Gasteiger partial charge in [-0.3, -0.25) is 30.1 Å². The number of isothiocyanates is 2. The fourth-order valence-corrected chi connectivity index (χ4v) is 2.89. The molecule has 44 heavy (non-hydrogen) atoms. The monoisotopic (exact) mass is 708 g/mol. The Morgan fingerprint density at radius 2 is 0.773 bits per heavy atom. The Morgan fingerprint density at radius 3 is 1.02 bits per heavy atom. The standard InChI is InChI=1S/2C12H8N5.2CNS.2Mn.2H2O/c2*1-3-7-13-9(5-1)11-15-12(17-16-11)10-6-2-4-8-14-10;2*2-1-3;;;;/h2*1-8H;;;;;2*1H2/q4*-1;2*+2;;/p+2. The molecular formula is C26H22Mn2N12O2S2+2. The summed E-state index contributed by atoms with van der Waals surface area (Å²) in [5, 5.41) is 32.9. The first-order valence-electron chi connectivity index (χ1n) is 11.1. The van der Waals surface area contributed by atoms with E-state index >= 15 is 0 Å². The number of hydrogen-bond acceptors (Lipinski definition) is 10. The summed E-state index contributed by atoms with van der Waals surface area (Å²) in [5.74, 6) is 2.08. The molecule has 6 heterocycles. The van der Waals surface area contributed by atoms with Crippen molar-refractivity contribution in [1.29, 1.82) is 0 Å². The topological polar surface area (TPSA) is 242 Å². The molecule has 18 heteroatoms. The second-order valence-corrected chi connectivity index (χ2v) is 7.33. The van der Waals surface area contributed by atoms with Gasteiger partial charge in [0.05, 0.1) is 34.4 Å². The van der Waals surface area contributed by atoms with Gasteiger partial charge < -0.3 is 41.9 Å². The average Bonchev–Trinajstić information content (AvgIpc) is 3.72. The second kappa shape index (κ2) is 23.9. The van der Waals surface area contributed by atoms with Crippen LogP contribution in [0, 0.1) is 0 Å². The molecular weight excluding hydrogens is 686 g/mol. The number of hydrogen-bond donors (Lipinski definition) is 0. The van der Waals surface area contributed by atoms with Crippen molar-refractivity contribution in [2.75, 3.05) is 0 Å². The Labute approximate surface area is 283 Å². The van der Waals surface area contributed by atoms with E-state index in [1.165, 1.54) is 10.3 Å². The van der Waals surface area contributed by atoms with E-state index in [2.05, 4.69) is 74.7 Å². The summed E-state index contributed by atoms with van der Waals surface area (Å²) in [7, 11) is 0. The maximum Gasteiger partial charge on any atom is 2.00 e. The SMILES string of the molecule is [Mn+2].[Mn+2].[N-]=C=S.[N-]=C=S.[OH3+].[OH3+].c1ccc(-c2n[n-]c(-c3ccccn3)n2)nc1.c1ccc(-c2n[n-]c(-c3ccccn3)n2)nc1. The molecule has 2 radical (unpaired) electrons. The number of pyridine rings is 4. The molecule has 0 unspecified atom stereocenters. The summed E-state index contributed by atoms with van der Waals surface area (Å²) in [5.41, 5.74) is 2.84. The first-order chi connectivity index (χ1) is 19.7. The quantitative estimate of drug-likeness (QED) is 0.111. The minimum atomic E-state index is 0. The van der Waals surface area contributed by atoms with Gasteiger partial charge in [-0.2, -0.15) is 10.3 Å². The van der Waals surface area contributed by atoms with E-state index in [9.17, 15) is 0 Å². The minimum absolute atomic E-state index is 0. The Hall–Kier alpha value is -4.56. The van der Waals surface area contributed by atoms with Crippen LogP contribution in [0.5, 0.6) is 0 Å². The van der Waals surface area contributed by atoms with E-state index in [0.29, 0.717) is 46.1 Å². The van der Waals surface area contributed by atoms with E-state index in [-0.39, 0.29) is 45.1 Å². The van der Waals surface area contributed by atoms with Gasteiger partial charge in [0.25, 0.3) is 0 Å². The fraction of sp³-hybridized carbons (Fsp3) is 0. The smallest absolute Gasteiger partial charge is 0.753 e. The normalized spacial score (nSPS) is 8.36. The zero-order valence-electron chi connectivity index (χ0n) is 22.3. The Bertz CT molecular complexity index is 1420. The van der Waals surface area contributed by atoms with Gasteiger partial charge >= 0.3 is 34.1 Å². The van der Waals surface area contributed by atoms with Gasteiger partial charge in [-0.15, -0.1) is 0 Å². The summed E-state index contributed by atoms with van der Waals surface area (Å²) in [6.07, 6.45) is 6.80. The third-order valence-electron chi connectivity index (χ3n) is 4.48. The largest absolute Gasteiger partial charge is 2.00 e. The molecule has 0 aliphatic rings. The minimum Gasteiger partial charge on any atom is -0.753 e. The van der Waals surface area contributed by atoms with Crippen molar-refractivity contribution in [2.45, 2.75) is 0 Å². The number of aromatic nitrogens is 10. The molecule has 0 aromatic carbocycles. The molecule has 0 saturated carbocycles. The predicted octanol–water partition coefficient (Wildman–Crippen LogP) is 2.58. The van der Waals surface area contributed by atoms with E-state index in [1.807, 2.05) is 72.8 Å². The number of rotatable bonds is 4. The van der Waals surface area contributed by atoms with E-state index < -0.39 is 0 Å². The molecule has 0 atom stereocenters. The van der Waals surface area contributed by atoms with Crippen LogP contribution in [0.15, 0.2) is 97.6 Å². The summed E-state index contributed by atoms with van der Waals surface area (Å²) in [6, 6.07) is 22.3. The molecule has 0 bridgehead atoms. The zero-order chi connectivity index (χ0) is 28.4. The van der Waals surface area contributed by atoms with Crippen LogP contribution in [0.3, 0.4) is 0 Å². The Balaban J connectivity index is 0. The summed E-state index contributed by atoms with van der Waals surface area (Å²) < 4.78 is 0. The van der Waals surface area contributed by atoms with Gasteiger partial charge in [-0.1, -0.05) is 48.7 Å². The summed E-state index contributed by atoms with van der Waals surface area (Å²) in [4.78, 5) is 25.3. The molecule has 0 aliphatic carbocycles. The van der Waals surface area contributed by atoms with Crippen LogP contribution in [-0.2, 0) is 45.1 Å². The third kappa shape index (κ3) is 13.2.